The van der Waals surface area contributed by atoms with Crippen LogP contribution < -0.4 is 4.74 Å². The zero-order valence-electron chi connectivity index (χ0n) is 12.5. The molecule has 0 fully saturated rings. The molecule has 6 heteroatoms. The van der Waals surface area contributed by atoms with Crippen molar-refractivity contribution < 1.29 is 22.5 Å². The second kappa shape index (κ2) is 5.34. The number of aromatic amines is 1. The van der Waals surface area contributed by atoms with Crippen molar-refractivity contribution in [1.29, 1.82) is 0 Å². The van der Waals surface area contributed by atoms with Crippen molar-refractivity contribution in [3.63, 3.8) is 0 Å². The highest BCUT2D eigenvalue weighted by Gasteiger charge is 2.33. The zero-order chi connectivity index (χ0) is 15.9. The van der Waals surface area contributed by atoms with Gasteiger partial charge in [0.15, 0.2) is 5.71 Å². The van der Waals surface area contributed by atoms with Crippen LogP contribution in [0.25, 0.3) is 10.9 Å². The van der Waals surface area contributed by atoms with E-state index in [1.807, 2.05) is 14.0 Å². The SMILES string of the molecule is Cc1[nH]c2cccc(OC(F)(F)F)c2c1CC1=[N+](C)CCC1. The summed E-state index contributed by atoms with van der Waals surface area (Å²) >= 11 is 0. The van der Waals surface area contributed by atoms with Crippen LogP contribution in [0.2, 0.25) is 0 Å². The maximum absolute atomic E-state index is 12.6. The van der Waals surface area contributed by atoms with Gasteiger partial charge in [-0.2, -0.15) is 0 Å². The van der Waals surface area contributed by atoms with Gasteiger partial charge in [0.2, 0.25) is 0 Å². The molecule has 1 N–H and O–H groups in total. The number of aryl methyl sites for hydroxylation is 1. The van der Waals surface area contributed by atoms with Gasteiger partial charge in [0.1, 0.15) is 19.3 Å². The molecule has 2 aromatic rings. The van der Waals surface area contributed by atoms with Crippen LogP contribution in [0.3, 0.4) is 0 Å². The number of nitrogens with zero attached hydrogens (tertiary/aromatic N) is 1. The highest BCUT2D eigenvalue weighted by Crippen LogP contribution is 2.35. The zero-order valence-corrected chi connectivity index (χ0v) is 12.5. The average molecular weight is 311 g/mol. The molecule has 0 unspecified atom stereocenters. The quantitative estimate of drug-likeness (QED) is 0.858. The minimum absolute atomic E-state index is 0.134. The Morgan fingerprint density at radius 3 is 2.73 bits per heavy atom. The van der Waals surface area contributed by atoms with E-state index in [1.165, 1.54) is 11.8 Å². The van der Waals surface area contributed by atoms with Crippen molar-refractivity contribution in [3.05, 3.63) is 29.5 Å². The molecule has 118 valence electrons. The monoisotopic (exact) mass is 311 g/mol. The average Bonchev–Trinajstić information content (AvgIpc) is 2.94. The van der Waals surface area contributed by atoms with Crippen LogP contribution in [0.5, 0.6) is 5.75 Å². The number of hydrogen-bond donors (Lipinski definition) is 1. The Hall–Kier alpha value is -1.98. The summed E-state index contributed by atoms with van der Waals surface area (Å²) in [6.45, 7) is 2.89. The first-order valence-electron chi connectivity index (χ1n) is 7.27. The Kier molecular flexibility index (Phi) is 3.62. The third kappa shape index (κ3) is 2.82. The maximum Gasteiger partial charge on any atom is 0.573 e. The number of benzene rings is 1. The predicted molar refractivity (Wildman–Crippen MR) is 78.7 cm³/mol. The molecule has 1 aliphatic rings. The van der Waals surface area contributed by atoms with Crippen LogP contribution >= 0.6 is 0 Å². The predicted octanol–water partition coefficient (Wildman–Crippen LogP) is 3.79. The number of aromatic nitrogens is 1. The van der Waals surface area contributed by atoms with Gasteiger partial charge in [-0.15, -0.1) is 13.2 Å². The highest BCUT2D eigenvalue weighted by atomic mass is 19.4. The van der Waals surface area contributed by atoms with Crippen molar-refractivity contribution in [2.75, 3.05) is 13.6 Å². The van der Waals surface area contributed by atoms with Gasteiger partial charge in [0, 0.05) is 29.4 Å². The van der Waals surface area contributed by atoms with Gasteiger partial charge >= 0.3 is 6.36 Å². The Labute approximate surface area is 126 Å². The molecule has 1 aromatic carbocycles. The molecule has 0 bridgehead atoms. The molecule has 2 heterocycles. The van der Waals surface area contributed by atoms with Crippen LogP contribution in [0.15, 0.2) is 18.2 Å². The van der Waals surface area contributed by atoms with E-state index in [0.717, 1.165) is 30.6 Å². The molecule has 0 saturated carbocycles. The van der Waals surface area contributed by atoms with Gasteiger partial charge in [0.25, 0.3) is 0 Å². The summed E-state index contributed by atoms with van der Waals surface area (Å²) in [5.74, 6) is -0.134. The Morgan fingerprint density at radius 1 is 1.32 bits per heavy atom. The van der Waals surface area contributed by atoms with E-state index >= 15 is 0 Å². The number of fused-ring (bicyclic) bond motifs is 1. The van der Waals surface area contributed by atoms with E-state index in [-0.39, 0.29) is 5.75 Å². The molecule has 3 nitrogen and oxygen atoms in total. The van der Waals surface area contributed by atoms with E-state index in [4.69, 9.17) is 0 Å². The van der Waals surface area contributed by atoms with E-state index in [9.17, 15) is 13.2 Å². The van der Waals surface area contributed by atoms with Crippen molar-refractivity contribution >= 4 is 16.6 Å². The third-order valence-corrected chi connectivity index (χ3v) is 4.21. The van der Waals surface area contributed by atoms with E-state index in [2.05, 4.69) is 14.3 Å². The number of hydrogen-bond acceptors (Lipinski definition) is 1. The lowest BCUT2D eigenvalue weighted by molar-refractivity contribution is -0.489. The molecule has 0 saturated heterocycles. The lowest BCUT2D eigenvalue weighted by Gasteiger charge is -2.11. The molecular formula is C16H18F3N2O+. The molecular weight excluding hydrogens is 293 g/mol. The van der Waals surface area contributed by atoms with Gasteiger partial charge in [0.05, 0.1) is 6.42 Å². The topological polar surface area (TPSA) is 28.0 Å². The molecule has 0 aliphatic carbocycles. The van der Waals surface area contributed by atoms with E-state index < -0.39 is 6.36 Å². The van der Waals surface area contributed by atoms with E-state index in [1.54, 1.807) is 12.1 Å². The van der Waals surface area contributed by atoms with Crippen LogP contribution in [0.1, 0.15) is 24.1 Å². The largest absolute Gasteiger partial charge is 0.573 e. The summed E-state index contributed by atoms with van der Waals surface area (Å²) < 4.78 is 44.3. The van der Waals surface area contributed by atoms with Crippen LogP contribution in [0, 0.1) is 6.92 Å². The van der Waals surface area contributed by atoms with Gasteiger partial charge in [-0.05, 0) is 24.6 Å². The van der Waals surface area contributed by atoms with Crippen molar-refractivity contribution in [2.24, 2.45) is 0 Å². The lowest BCUT2D eigenvalue weighted by Crippen LogP contribution is -2.17. The summed E-state index contributed by atoms with van der Waals surface area (Å²) in [6.07, 6.45) is -1.95. The molecule has 0 spiro atoms. The van der Waals surface area contributed by atoms with Gasteiger partial charge in [-0.1, -0.05) is 6.07 Å². The fraction of sp³-hybridized carbons (Fsp3) is 0.438. The van der Waals surface area contributed by atoms with Gasteiger partial charge < -0.3 is 9.72 Å². The molecule has 1 aliphatic heterocycles. The molecule has 0 amide bonds. The number of halogens is 3. The third-order valence-electron chi connectivity index (χ3n) is 4.21. The van der Waals surface area contributed by atoms with Crippen LogP contribution in [-0.2, 0) is 6.42 Å². The Morgan fingerprint density at radius 2 is 2.09 bits per heavy atom. The fourth-order valence-corrected chi connectivity index (χ4v) is 3.14. The smallest absolute Gasteiger partial charge is 0.405 e. The second-order valence-corrected chi connectivity index (χ2v) is 5.72. The Bertz CT molecular complexity index is 744. The van der Waals surface area contributed by atoms with Crippen LogP contribution in [-0.4, -0.2) is 35.2 Å². The fourth-order valence-electron chi connectivity index (χ4n) is 3.14. The number of ether oxygens (including phenoxy) is 1. The number of H-pyrrole nitrogens is 1. The van der Waals surface area contributed by atoms with Gasteiger partial charge in [-0.25, -0.2) is 4.58 Å². The van der Waals surface area contributed by atoms with Gasteiger partial charge in [-0.3, -0.25) is 0 Å². The summed E-state index contributed by atoms with van der Waals surface area (Å²) in [4.78, 5) is 3.16. The van der Waals surface area contributed by atoms with E-state index in [0.29, 0.717) is 17.3 Å². The maximum atomic E-state index is 12.6. The molecule has 0 atom stereocenters. The minimum Gasteiger partial charge on any atom is -0.405 e. The molecule has 3 rings (SSSR count). The summed E-state index contributed by atoms with van der Waals surface area (Å²) in [7, 11) is 2.03. The van der Waals surface area contributed by atoms with Crippen molar-refractivity contribution in [3.8, 4) is 5.75 Å². The number of alkyl halides is 3. The lowest BCUT2D eigenvalue weighted by atomic mass is 10.0. The van der Waals surface area contributed by atoms with Crippen molar-refractivity contribution in [1.82, 2.24) is 4.98 Å². The molecule has 22 heavy (non-hydrogen) atoms. The second-order valence-electron chi connectivity index (χ2n) is 5.72. The number of rotatable bonds is 3. The first-order chi connectivity index (χ1) is 10.3. The van der Waals surface area contributed by atoms with Crippen LogP contribution in [0.4, 0.5) is 13.2 Å². The normalized spacial score (nSPS) is 15.9. The molecule has 1 aromatic heterocycles. The first kappa shape index (κ1) is 14.9. The summed E-state index contributed by atoms with van der Waals surface area (Å²) in [5, 5.41) is 0.533. The highest BCUT2D eigenvalue weighted by molar-refractivity contribution is 5.95. The standard InChI is InChI=1S/C16H18F3N2O/c1-10-12(9-11-5-4-8-21(11)2)15-13(20-10)6-3-7-14(15)22-16(17,18)19/h3,6-7,20H,4-5,8-9H2,1-2H3/q+1. The number of nitrogens with one attached hydrogen (secondary N) is 1. The summed E-state index contributed by atoms with van der Waals surface area (Å²) in [6, 6.07) is 4.71. The minimum atomic E-state index is -4.69. The Balaban J connectivity index is 2.09. The summed E-state index contributed by atoms with van der Waals surface area (Å²) in [5.41, 5.74) is 3.71. The van der Waals surface area contributed by atoms with Crippen molar-refractivity contribution in [2.45, 2.75) is 32.5 Å². The molecule has 0 radical (unpaired) electrons. The first-order valence-corrected chi connectivity index (χ1v) is 7.27.